The summed E-state index contributed by atoms with van der Waals surface area (Å²) in [5.74, 6) is 0.447. The van der Waals surface area contributed by atoms with Crippen LogP contribution < -0.4 is 10.6 Å². The summed E-state index contributed by atoms with van der Waals surface area (Å²) < 4.78 is 0. The van der Waals surface area contributed by atoms with E-state index < -0.39 is 0 Å². The van der Waals surface area contributed by atoms with Gasteiger partial charge in [0, 0.05) is 17.8 Å². The molecule has 0 aromatic heterocycles. The lowest BCUT2D eigenvalue weighted by Gasteiger charge is -2.10. The second kappa shape index (κ2) is 2.99. The molecule has 1 spiro atoms. The number of nitrogens with two attached hydrogens (primary N) is 1. The highest BCUT2D eigenvalue weighted by Gasteiger charge is 2.65. The summed E-state index contributed by atoms with van der Waals surface area (Å²) in [7, 11) is 1.82. The third-order valence-electron chi connectivity index (χ3n) is 3.88. The van der Waals surface area contributed by atoms with E-state index in [0.717, 1.165) is 17.7 Å². The molecule has 2 atom stereocenters. The van der Waals surface area contributed by atoms with E-state index in [2.05, 4.69) is 0 Å². The number of amides is 1. The largest absolute Gasteiger partial charge is 0.330 e. The van der Waals surface area contributed by atoms with Gasteiger partial charge in [0.05, 0.1) is 5.41 Å². The molecule has 1 heterocycles. The van der Waals surface area contributed by atoms with Crippen molar-refractivity contribution in [3.8, 4) is 0 Å². The Bertz CT molecular complexity index is 488. The average Bonchev–Trinajstić information content (AvgIpc) is 2.98. The molecule has 16 heavy (non-hydrogen) atoms. The average molecular weight is 237 g/mol. The highest BCUT2D eigenvalue weighted by molar-refractivity contribution is 6.31. The van der Waals surface area contributed by atoms with Crippen molar-refractivity contribution in [2.75, 3.05) is 18.5 Å². The predicted octanol–water partition coefficient (Wildman–Crippen LogP) is 1.53. The van der Waals surface area contributed by atoms with Crippen LogP contribution in [0, 0.1) is 5.92 Å². The summed E-state index contributed by atoms with van der Waals surface area (Å²) in [5.41, 5.74) is 7.37. The van der Waals surface area contributed by atoms with Gasteiger partial charge in [0.25, 0.3) is 0 Å². The van der Waals surface area contributed by atoms with Crippen molar-refractivity contribution in [3.63, 3.8) is 0 Å². The van der Waals surface area contributed by atoms with Gasteiger partial charge < -0.3 is 10.6 Å². The lowest BCUT2D eigenvalue weighted by Crippen LogP contribution is -2.30. The van der Waals surface area contributed by atoms with Crippen LogP contribution >= 0.6 is 11.6 Å². The lowest BCUT2D eigenvalue weighted by molar-refractivity contribution is -0.120. The Morgan fingerprint density at radius 2 is 2.38 bits per heavy atom. The zero-order valence-electron chi connectivity index (χ0n) is 9.03. The zero-order chi connectivity index (χ0) is 11.5. The highest BCUT2D eigenvalue weighted by atomic mass is 35.5. The molecule has 1 aliphatic heterocycles. The minimum absolute atomic E-state index is 0.167. The van der Waals surface area contributed by atoms with E-state index in [4.69, 9.17) is 17.3 Å². The maximum atomic E-state index is 12.3. The minimum atomic E-state index is -0.357. The summed E-state index contributed by atoms with van der Waals surface area (Å²) in [6.07, 6.45) is 0.861. The molecule has 1 saturated carbocycles. The molecule has 2 aliphatic rings. The molecule has 0 saturated heterocycles. The molecule has 84 valence electrons. The van der Waals surface area contributed by atoms with Gasteiger partial charge in [-0.25, -0.2) is 0 Å². The Kier molecular flexibility index (Phi) is 1.89. The van der Waals surface area contributed by atoms with Crippen LogP contribution in [0.2, 0.25) is 5.02 Å². The quantitative estimate of drug-likeness (QED) is 0.804. The van der Waals surface area contributed by atoms with Gasteiger partial charge in [-0.05, 0) is 42.6 Å². The second-order valence-electron chi connectivity index (χ2n) is 4.63. The molecule has 1 aromatic rings. The molecular weight excluding hydrogens is 224 g/mol. The van der Waals surface area contributed by atoms with Crippen molar-refractivity contribution in [2.45, 2.75) is 11.8 Å². The summed E-state index contributed by atoms with van der Waals surface area (Å²) in [4.78, 5) is 14.0. The summed E-state index contributed by atoms with van der Waals surface area (Å²) in [5, 5.41) is 0.684. The Labute approximate surface area is 99.2 Å². The van der Waals surface area contributed by atoms with Crippen molar-refractivity contribution in [3.05, 3.63) is 28.8 Å². The number of carbonyl (C=O) groups excluding carboxylic acids is 1. The second-order valence-corrected chi connectivity index (χ2v) is 5.07. The monoisotopic (exact) mass is 236 g/mol. The maximum Gasteiger partial charge on any atom is 0.237 e. The number of likely N-dealkylation sites (N-methyl/N-ethyl adjacent to an activating group) is 1. The van der Waals surface area contributed by atoms with Crippen LogP contribution in [0.3, 0.4) is 0 Å². The third-order valence-corrected chi connectivity index (χ3v) is 4.11. The number of carbonyl (C=O) groups is 1. The maximum absolute atomic E-state index is 12.3. The summed E-state index contributed by atoms with van der Waals surface area (Å²) in [6.45, 7) is 0.561. The Balaban J connectivity index is 2.18. The number of benzene rings is 1. The van der Waals surface area contributed by atoms with Crippen molar-refractivity contribution in [1.29, 1.82) is 0 Å². The van der Waals surface area contributed by atoms with Crippen molar-refractivity contribution >= 4 is 23.2 Å². The first-order chi connectivity index (χ1) is 7.61. The fraction of sp³-hybridized carbons (Fsp3) is 0.417. The van der Waals surface area contributed by atoms with Gasteiger partial charge in [-0.1, -0.05) is 11.6 Å². The smallest absolute Gasteiger partial charge is 0.237 e. The first kappa shape index (κ1) is 10.1. The molecule has 0 radical (unpaired) electrons. The minimum Gasteiger partial charge on any atom is -0.330 e. The molecule has 1 aliphatic carbocycles. The van der Waals surface area contributed by atoms with Gasteiger partial charge in [0.1, 0.15) is 0 Å². The first-order valence-corrected chi connectivity index (χ1v) is 5.77. The number of halogens is 1. The van der Waals surface area contributed by atoms with Gasteiger partial charge in [-0.2, -0.15) is 0 Å². The fourth-order valence-corrected chi connectivity index (χ4v) is 3.06. The number of nitrogens with zero attached hydrogens (tertiary/aromatic N) is 1. The lowest BCUT2D eigenvalue weighted by atomic mass is 9.95. The molecule has 2 unspecified atom stereocenters. The van der Waals surface area contributed by atoms with E-state index in [1.54, 1.807) is 4.90 Å². The topological polar surface area (TPSA) is 46.3 Å². The van der Waals surface area contributed by atoms with E-state index in [1.807, 2.05) is 25.2 Å². The van der Waals surface area contributed by atoms with Crippen LogP contribution in [0.25, 0.3) is 0 Å². The fourth-order valence-electron chi connectivity index (χ4n) is 2.89. The molecule has 2 N–H and O–H groups in total. The van der Waals surface area contributed by atoms with Crippen LogP contribution in [-0.4, -0.2) is 19.5 Å². The van der Waals surface area contributed by atoms with Crippen LogP contribution in [0.5, 0.6) is 0 Å². The number of anilines is 1. The number of rotatable bonds is 1. The van der Waals surface area contributed by atoms with E-state index >= 15 is 0 Å². The molecule has 1 fully saturated rings. The van der Waals surface area contributed by atoms with Gasteiger partial charge >= 0.3 is 0 Å². The van der Waals surface area contributed by atoms with Gasteiger partial charge in [0.2, 0.25) is 5.91 Å². The predicted molar refractivity (Wildman–Crippen MR) is 63.7 cm³/mol. The first-order valence-electron chi connectivity index (χ1n) is 5.39. The SMILES string of the molecule is CN1C(=O)C2(CC2CN)c2cc(Cl)ccc21. The number of hydrogen-bond acceptors (Lipinski definition) is 2. The van der Waals surface area contributed by atoms with E-state index in [9.17, 15) is 4.79 Å². The Morgan fingerprint density at radius 1 is 1.62 bits per heavy atom. The van der Waals surface area contributed by atoms with E-state index in [1.165, 1.54) is 0 Å². The van der Waals surface area contributed by atoms with Crippen LogP contribution in [0.4, 0.5) is 5.69 Å². The Hall–Kier alpha value is -1.06. The standard InChI is InChI=1S/C12H13ClN2O/c1-15-10-3-2-8(13)4-9(10)12(11(15)16)5-7(12)6-14/h2-4,7H,5-6,14H2,1H3. The molecular formula is C12H13ClN2O. The molecule has 3 rings (SSSR count). The van der Waals surface area contributed by atoms with Crippen LogP contribution in [-0.2, 0) is 10.2 Å². The molecule has 4 heteroatoms. The number of fused-ring (bicyclic) bond motifs is 2. The molecule has 0 bridgehead atoms. The van der Waals surface area contributed by atoms with Gasteiger partial charge in [-0.15, -0.1) is 0 Å². The molecule has 3 nitrogen and oxygen atoms in total. The van der Waals surface area contributed by atoms with E-state index in [-0.39, 0.29) is 17.2 Å². The normalized spacial score (nSPS) is 31.1. The van der Waals surface area contributed by atoms with Crippen LogP contribution in [0.15, 0.2) is 18.2 Å². The Morgan fingerprint density at radius 3 is 3.00 bits per heavy atom. The number of hydrogen-bond donors (Lipinski definition) is 1. The third kappa shape index (κ3) is 1.00. The highest BCUT2D eigenvalue weighted by Crippen LogP contribution is 2.61. The summed E-state index contributed by atoms with van der Waals surface area (Å²) in [6, 6.07) is 5.65. The van der Waals surface area contributed by atoms with Gasteiger partial charge in [-0.3, -0.25) is 4.79 Å². The molecule has 1 aromatic carbocycles. The summed E-state index contributed by atoms with van der Waals surface area (Å²) >= 11 is 6.00. The molecule has 1 amide bonds. The van der Waals surface area contributed by atoms with Gasteiger partial charge in [0.15, 0.2) is 0 Å². The van der Waals surface area contributed by atoms with Crippen LogP contribution in [0.1, 0.15) is 12.0 Å². The van der Waals surface area contributed by atoms with E-state index in [0.29, 0.717) is 11.6 Å². The zero-order valence-corrected chi connectivity index (χ0v) is 9.79. The van der Waals surface area contributed by atoms with Crippen molar-refractivity contribution in [1.82, 2.24) is 0 Å². The van der Waals surface area contributed by atoms with Crippen molar-refractivity contribution < 1.29 is 4.79 Å². The van der Waals surface area contributed by atoms with Crippen molar-refractivity contribution in [2.24, 2.45) is 11.7 Å².